The number of rotatable bonds is 5. The van der Waals surface area contributed by atoms with Crippen LogP contribution in [0, 0.1) is 5.82 Å². The molecule has 23 heavy (non-hydrogen) atoms. The van der Waals surface area contributed by atoms with Crippen LogP contribution in [-0.4, -0.2) is 30.1 Å². The van der Waals surface area contributed by atoms with Gasteiger partial charge in [0, 0.05) is 30.7 Å². The summed E-state index contributed by atoms with van der Waals surface area (Å²) in [4.78, 5) is 16.2. The molecule has 1 saturated heterocycles. The number of anilines is 2. The minimum absolute atomic E-state index is 0.0967. The average Bonchev–Trinajstić information content (AvgIpc) is 3.08. The summed E-state index contributed by atoms with van der Waals surface area (Å²) in [6, 6.07) is 9.42. The van der Waals surface area contributed by atoms with E-state index in [0.29, 0.717) is 17.9 Å². The summed E-state index contributed by atoms with van der Waals surface area (Å²) in [5.41, 5.74) is 1.78. The van der Waals surface area contributed by atoms with Crippen LogP contribution in [0.1, 0.15) is 23.3 Å². The Bertz CT molecular complexity index is 670. The lowest BCUT2D eigenvalue weighted by Gasteiger charge is -2.11. The van der Waals surface area contributed by atoms with Crippen LogP contribution >= 0.6 is 0 Å². The molecule has 2 aromatic rings. The Balaban J connectivity index is 1.61. The Labute approximate surface area is 133 Å². The highest BCUT2D eigenvalue weighted by Gasteiger charge is 2.17. The van der Waals surface area contributed by atoms with Crippen molar-refractivity contribution in [1.82, 2.24) is 10.3 Å². The van der Waals surface area contributed by atoms with Crippen molar-refractivity contribution in [2.45, 2.75) is 18.9 Å². The fourth-order valence-electron chi connectivity index (χ4n) is 2.43. The van der Waals surface area contributed by atoms with Crippen molar-refractivity contribution in [3.63, 3.8) is 0 Å². The smallest absolute Gasteiger partial charge is 0.270 e. The van der Waals surface area contributed by atoms with Gasteiger partial charge in [0.15, 0.2) is 0 Å². The van der Waals surface area contributed by atoms with E-state index in [0.717, 1.165) is 25.1 Å². The second-order valence-electron chi connectivity index (χ2n) is 5.41. The maximum Gasteiger partial charge on any atom is 0.270 e. The van der Waals surface area contributed by atoms with Gasteiger partial charge in [-0.05, 0) is 49.2 Å². The van der Waals surface area contributed by atoms with E-state index in [1.54, 1.807) is 30.5 Å². The second kappa shape index (κ2) is 7.19. The van der Waals surface area contributed by atoms with Gasteiger partial charge in [0.05, 0.1) is 6.10 Å². The highest BCUT2D eigenvalue weighted by atomic mass is 19.1. The zero-order valence-electron chi connectivity index (χ0n) is 12.6. The standard InChI is InChI=1S/C17H18FN3O2/c18-12-3-5-13(6-4-12)21-14-7-8-19-16(10-14)17(22)20-11-15-2-1-9-23-15/h3-8,10,15H,1-2,9,11H2,(H,19,21)(H,20,22). The van der Waals surface area contributed by atoms with Gasteiger partial charge < -0.3 is 15.4 Å². The molecular formula is C17H18FN3O2. The SMILES string of the molecule is O=C(NCC1CCCO1)c1cc(Nc2ccc(F)cc2)ccn1. The van der Waals surface area contributed by atoms with Crippen LogP contribution in [0.25, 0.3) is 0 Å². The van der Waals surface area contributed by atoms with Crippen LogP contribution in [0.15, 0.2) is 42.6 Å². The molecule has 2 heterocycles. The Morgan fingerprint density at radius 1 is 1.26 bits per heavy atom. The second-order valence-corrected chi connectivity index (χ2v) is 5.41. The Kier molecular flexibility index (Phi) is 4.83. The molecule has 1 aliphatic rings. The first-order chi connectivity index (χ1) is 11.2. The van der Waals surface area contributed by atoms with Gasteiger partial charge in [-0.2, -0.15) is 0 Å². The highest BCUT2D eigenvalue weighted by Crippen LogP contribution is 2.17. The largest absolute Gasteiger partial charge is 0.376 e. The molecule has 0 spiro atoms. The van der Waals surface area contributed by atoms with Crippen molar-refractivity contribution in [2.75, 3.05) is 18.5 Å². The zero-order valence-corrected chi connectivity index (χ0v) is 12.6. The first kappa shape index (κ1) is 15.4. The molecule has 1 amide bonds. The maximum absolute atomic E-state index is 12.9. The van der Waals surface area contributed by atoms with E-state index < -0.39 is 0 Å². The molecule has 2 N–H and O–H groups in total. The number of carbonyl (C=O) groups is 1. The Morgan fingerprint density at radius 2 is 2.09 bits per heavy atom. The molecule has 1 unspecified atom stereocenters. The van der Waals surface area contributed by atoms with Gasteiger partial charge in [0.2, 0.25) is 0 Å². The van der Waals surface area contributed by atoms with E-state index in [-0.39, 0.29) is 17.8 Å². The van der Waals surface area contributed by atoms with Crippen LogP contribution in [0.2, 0.25) is 0 Å². The predicted molar refractivity (Wildman–Crippen MR) is 85.2 cm³/mol. The number of hydrogen-bond acceptors (Lipinski definition) is 4. The van der Waals surface area contributed by atoms with Gasteiger partial charge in [-0.1, -0.05) is 0 Å². The van der Waals surface area contributed by atoms with Crippen molar-refractivity contribution in [3.8, 4) is 0 Å². The minimum Gasteiger partial charge on any atom is -0.376 e. The molecule has 1 aliphatic heterocycles. The topological polar surface area (TPSA) is 63.2 Å². The monoisotopic (exact) mass is 315 g/mol. The molecule has 0 bridgehead atoms. The van der Waals surface area contributed by atoms with Gasteiger partial charge >= 0.3 is 0 Å². The lowest BCUT2D eigenvalue weighted by atomic mass is 10.2. The number of ether oxygens (including phenoxy) is 1. The molecule has 3 rings (SSSR count). The summed E-state index contributed by atoms with van der Waals surface area (Å²) in [6.07, 6.45) is 3.67. The fourth-order valence-corrected chi connectivity index (χ4v) is 2.43. The number of benzene rings is 1. The molecule has 6 heteroatoms. The van der Waals surface area contributed by atoms with Crippen molar-refractivity contribution in [2.24, 2.45) is 0 Å². The van der Waals surface area contributed by atoms with Crippen LogP contribution < -0.4 is 10.6 Å². The first-order valence-corrected chi connectivity index (χ1v) is 7.59. The van der Waals surface area contributed by atoms with E-state index >= 15 is 0 Å². The number of hydrogen-bond donors (Lipinski definition) is 2. The molecule has 1 aromatic heterocycles. The van der Waals surface area contributed by atoms with Crippen molar-refractivity contribution in [3.05, 3.63) is 54.1 Å². The number of aromatic nitrogens is 1. The molecule has 1 aromatic carbocycles. The zero-order chi connectivity index (χ0) is 16.1. The Morgan fingerprint density at radius 3 is 2.83 bits per heavy atom. The van der Waals surface area contributed by atoms with Crippen LogP contribution in [-0.2, 0) is 4.74 Å². The van der Waals surface area contributed by atoms with Gasteiger partial charge in [-0.3, -0.25) is 9.78 Å². The molecule has 5 nitrogen and oxygen atoms in total. The van der Waals surface area contributed by atoms with Crippen molar-refractivity contribution < 1.29 is 13.9 Å². The number of carbonyl (C=O) groups excluding carboxylic acids is 1. The summed E-state index contributed by atoms with van der Waals surface area (Å²) in [7, 11) is 0. The lowest BCUT2D eigenvalue weighted by molar-refractivity contribution is 0.0854. The van der Waals surface area contributed by atoms with Crippen molar-refractivity contribution >= 4 is 17.3 Å². The van der Waals surface area contributed by atoms with Gasteiger partial charge in [0.1, 0.15) is 11.5 Å². The molecule has 1 atom stereocenters. The summed E-state index contributed by atoms with van der Waals surface area (Å²) < 4.78 is 18.4. The third kappa shape index (κ3) is 4.26. The number of nitrogens with zero attached hydrogens (tertiary/aromatic N) is 1. The summed E-state index contributed by atoms with van der Waals surface area (Å²) >= 11 is 0. The predicted octanol–water partition coefficient (Wildman–Crippen LogP) is 2.87. The van der Waals surface area contributed by atoms with E-state index in [9.17, 15) is 9.18 Å². The van der Waals surface area contributed by atoms with Crippen LogP contribution in [0.5, 0.6) is 0 Å². The molecule has 120 valence electrons. The quantitative estimate of drug-likeness (QED) is 0.890. The highest BCUT2D eigenvalue weighted by molar-refractivity contribution is 5.93. The van der Waals surface area contributed by atoms with Crippen LogP contribution in [0.4, 0.5) is 15.8 Å². The van der Waals surface area contributed by atoms with Crippen LogP contribution in [0.3, 0.4) is 0 Å². The molecule has 0 radical (unpaired) electrons. The van der Waals surface area contributed by atoms with E-state index in [1.165, 1.54) is 12.1 Å². The number of halogens is 1. The lowest BCUT2D eigenvalue weighted by Crippen LogP contribution is -2.32. The normalized spacial score (nSPS) is 17.0. The van der Waals surface area contributed by atoms with Gasteiger partial charge in [-0.25, -0.2) is 4.39 Å². The number of nitrogens with one attached hydrogen (secondary N) is 2. The van der Waals surface area contributed by atoms with Gasteiger partial charge in [-0.15, -0.1) is 0 Å². The van der Waals surface area contributed by atoms with E-state index in [1.807, 2.05) is 0 Å². The first-order valence-electron chi connectivity index (χ1n) is 7.59. The number of pyridine rings is 1. The summed E-state index contributed by atoms with van der Waals surface area (Å²) in [6.45, 7) is 1.26. The third-order valence-corrected chi connectivity index (χ3v) is 3.64. The molecule has 0 saturated carbocycles. The van der Waals surface area contributed by atoms with E-state index in [4.69, 9.17) is 4.74 Å². The fraction of sp³-hybridized carbons (Fsp3) is 0.294. The molecule has 0 aliphatic carbocycles. The van der Waals surface area contributed by atoms with E-state index in [2.05, 4.69) is 15.6 Å². The maximum atomic E-state index is 12.9. The number of amides is 1. The third-order valence-electron chi connectivity index (χ3n) is 3.64. The summed E-state index contributed by atoms with van der Waals surface area (Å²) in [5.74, 6) is -0.525. The molecular weight excluding hydrogens is 297 g/mol. The van der Waals surface area contributed by atoms with Gasteiger partial charge in [0.25, 0.3) is 5.91 Å². The average molecular weight is 315 g/mol. The molecule has 1 fully saturated rings. The summed E-state index contributed by atoms with van der Waals surface area (Å²) in [5, 5.41) is 5.95. The van der Waals surface area contributed by atoms with Crippen molar-refractivity contribution in [1.29, 1.82) is 0 Å². The minimum atomic E-state index is -0.292. The Hall–Kier alpha value is -2.47.